The molecule has 7 rings (SSSR count). The third kappa shape index (κ3) is 3.79. The van der Waals surface area contributed by atoms with E-state index in [9.17, 15) is 4.79 Å². The zero-order valence-corrected chi connectivity index (χ0v) is 21.8. The van der Waals surface area contributed by atoms with Crippen LogP contribution in [0.4, 0.5) is 4.79 Å². The third-order valence-corrected chi connectivity index (χ3v) is 8.14. The fraction of sp³-hybridized carbons (Fsp3) is 0.103. The number of benzene rings is 3. The van der Waals surface area contributed by atoms with Gasteiger partial charge in [0.2, 0.25) is 0 Å². The lowest BCUT2D eigenvalue weighted by Crippen LogP contribution is -2.61. The Labute approximate surface area is 226 Å². The fourth-order valence-corrected chi connectivity index (χ4v) is 6.15. The molecule has 3 aliphatic rings. The molecule has 4 aromatic rings. The Morgan fingerprint density at radius 3 is 2.59 bits per heavy atom. The topological polar surface area (TPSA) is 67.1 Å². The lowest BCUT2D eigenvalue weighted by molar-refractivity contribution is -0.0949. The van der Waals surface area contributed by atoms with Crippen LogP contribution in [0.1, 0.15) is 29.3 Å². The van der Waals surface area contributed by atoms with Gasteiger partial charge in [0.25, 0.3) is 5.24 Å². The van der Waals surface area contributed by atoms with E-state index in [0.717, 1.165) is 50.1 Å². The summed E-state index contributed by atoms with van der Waals surface area (Å²) >= 11 is 4.57. The van der Waals surface area contributed by atoms with Crippen molar-refractivity contribution >= 4 is 44.7 Å². The van der Waals surface area contributed by atoms with Gasteiger partial charge < -0.3 is 9.15 Å². The molecule has 0 saturated carbocycles. The van der Waals surface area contributed by atoms with E-state index in [0.29, 0.717) is 17.1 Å². The van der Waals surface area contributed by atoms with Crippen molar-refractivity contribution in [2.45, 2.75) is 18.3 Å². The normalized spacial score (nSPS) is 23.0. The Morgan fingerprint density at radius 1 is 0.973 bits per heavy atom. The predicted octanol–water partition coefficient (Wildman–Crippen LogP) is 7.40. The number of fused-ring (bicyclic) bond motifs is 4. The van der Waals surface area contributed by atoms with Gasteiger partial charge in [0.1, 0.15) is 17.3 Å². The second-order valence-corrected chi connectivity index (χ2v) is 10.9. The van der Waals surface area contributed by atoms with Crippen molar-refractivity contribution in [3.05, 3.63) is 117 Å². The van der Waals surface area contributed by atoms with E-state index >= 15 is 0 Å². The Morgan fingerprint density at radius 2 is 1.76 bits per heavy atom. The molecule has 0 aliphatic carbocycles. The smallest absolute Gasteiger partial charge is 0.314 e. The first kappa shape index (κ1) is 22.4. The van der Waals surface area contributed by atoms with Gasteiger partial charge in [-0.15, -0.1) is 0 Å². The van der Waals surface area contributed by atoms with Crippen LogP contribution in [-0.4, -0.2) is 21.8 Å². The molecule has 2 atom stereocenters. The first-order valence-electron chi connectivity index (χ1n) is 11.9. The molecule has 6 nitrogen and oxygen atoms in total. The Hall–Kier alpha value is -3.75. The molecular weight excluding hydrogens is 550 g/mol. The molecule has 1 N–H and O–H groups in total. The minimum absolute atomic E-state index is 0.0857. The standard InChI is InChI=1S/C29H20BrN3O3S/c30-20-12-10-19(11-13-20)25-15-14-21(35-25)16-27-29(31-28(34)37-27)33-24(22-8-4-5-9-26(22)36-29)17-23(32-33)18-6-2-1-3-7-18/h1-16,24H,17H2,(H,31,34)/b27-16-/t24-,29+/m1/s1. The Balaban J connectivity index is 1.32. The summed E-state index contributed by atoms with van der Waals surface area (Å²) in [7, 11) is 0. The van der Waals surface area contributed by atoms with Gasteiger partial charge in [-0.1, -0.05) is 76.6 Å². The van der Waals surface area contributed by atoms with E-state index in [1.165, 1.54) is 0 Å². The maximum absolute atomic E-state index is 12.8. The third-order valence-electron chi connectivity index (χ3n) is 6.71. The number of hydrazone groups is 1. The largest absolute Gasteiger partial charge is 0.457 e. The maximum Gasteiger partial charge on any atom is 0.314 e. The second-order valence-electron chi connectivity index (χ2n) is 8.99. The first-order chi connectivity index (χ1) is 18.1. The van der Waals surface area contributed by atoms with Gasteiger partial charge in [0, 0.05) is 22.0 Å². The summed E-state index contributed by atoms with van der Waals surface area (Å²) in [4.78, 5) is 13.5. The average molecular weight is 570 g/mol. The molecule has 1 spiro atoms. The summed E-state index contributed by atoms with van der Waals surface area (Å²) in [5.41, 5.74) is 4.02. The molecule has 3 aromatic carbocycles. The minimum Gasteiger partial charge on any atom is -0.457 e. The van der Waals surface area contributed by atoms with Crippen molar-refractivity contribution in [3.8, 4) is 17.1 Å². The number of halogens is 1. The number of furan rings is 1. The van der Waals surface area contributed by atoms with E-state index < -0.39 is 5.85 Å². The summed E-state index contributed by atoms with van der Waals surface area (Å²) in [5.74, 6) is 0.842. The number of nitrogens with one attached hydrogen (secondary N) is 1. The van der Waals surface area contributed by atoms with E-state index in [1.54, 1.807) is 0 Å². The molecule has 37 heavy (non-hydrogen) atoms. The predicted molar refractivity (Wildman–Crippen MR) is 148 cm³/mol. The number of carbonyl (C=O) groups excluding carboxylic acids is 1. The van der Waals surface area contributed by atoms with Gasteiger partial charge >= 0.3 is 5.85 Å². The van der Waals surface area contributed by atoms with Crippen LogP contribution in [0.15, 0.2) is 110 Å². The molecule has 0 bridgehead atoms. The van der Waals surface area contributed by atoms with E-state index in [2.05, 4.69) is 39.4 Å². The fourth-order valence-electron chi connectivity index (χ4n) is 5.00. The summed E-state index contributed by atoms with van der Waals surface area (Å²) < 4.78 is 13.8. The van der Waals surface area contributed by atoms with Crippen molar-refractivity contribution in [1.82, 2.24) is 10.3 Å². The molecule has 0 radical (unpaired) electrons. The number of nitrogens with zero attached hydrogens (tertiary/aromatic N) is 2. The molecule has 4 heterocycles. The van der Waals surface area contributed by atoms with Crippen LogP contribution < -0.4 is 10.1 Å². The quantitative estimate of drug-likeness (QED) is 0.278. The monoisotopic (exact) mass is 569 g/mol. The summed E-state index contributed by atoms with van der Waals surface area (Å²) in [5, 5.41) is 9.80. The lowest BCUT2D eigenvalue weighted by Gasteiger charge is -2.44. The van der Waals surface area contributed by atoms with Gasteiger partial charge in [-0.2, -0.15) is 5.10 Å². The minimum atomic E-state index is -1.26. The van der Waals surface area contributed by atoms with Crippen molar-refractivity contribution in [3.63, 3.8) is 0 Å². The highest BCUT2D eigenvalue weighted by Crippen LogP contribution is 2.52. The van der Waals surface area contributed by atoms with E-state index in [4.69, 9.17) is 14.3 Å². The first-order valence-corrected chi connectivity index (χ1v) is 13.5. The molecule has 3 aliphatic heterocycles. The number of amides is 1. The van der Waals surface area contributed by atoms with Crippen molar-refractivity contribution in [2.24, 2.45) is 5.10 Å². The maximum atomic E-state index is 12.8. The van der Waals surface area contributed by atoms with Crippen LogP contribution in [-0.2, 0) is 0 Å². The Kier molecular flexibility index (Phi) is 5.26. The van der Waals surface area contributed by atoms with Gasteiger partial charge in [-0.3, -0.25) is 10.1 Å². The van der Waals surface area contributed by atoms with Gasteiger partial charge in [-0.05, 0) is 53.7 Å². The highest BCUT2D eigenvalue weighted by Gasteiger charge is 2.58. The van der Waals surface area contributed by atoms with Crippen LogP contribution in [0, 0.1) is 0 Å². The number of rotatable bonds is 3. The molecule has 1 saturated heterocycles. The van der Waals surface area contributed by atoms with Crippen molar-refractivity contribution in [1.29, 1.82) is 0 Å². The zero-order valence-electron chi connectivity index (χ0n) is 19.4. The summed E-state index contributed by atoms with van der Waals surface area (Å²) in [6, 6.07) is 29.8. The van der Waals surface area contributed by atoms with Crippen LogP contribution in [0.2, 0.25) is 0 Å². The molecular formula is C29H20BrN3O3S. The number of para-hydroxylation sites is 1. The molecule has 0 unspecified atom stereocenters. The molecule has 8 heteroatoms. The van der Waals surface area contributed by atoms with Gasteiger partial charge in [0.15, 0.2) is 0 Å². The summed E-state index contributed by atoms with van der Waals surface area (Å²) in [6.07, 6.45) is 2.57. The number of hydrogen-bond acceptors (Lipinski definition) is 6. The Bertz CT molecular complexity index is 1580. The molecule has 1 aromatic heterocycles. The average Bonchev–Trinajstić information content (AvgIpc) is 3.64. The van der Waals surface area contributed by atoms with Crippen LogP contribution in [0.5, 0.6) is 5.75 Å². The van der Waals surface area contributed by atoms with Crippen molar-refractivity contribution < 1.29 is 13.9 Å². The zero-order chi connectivity index (χ0) is 25.0. The van der Waals surface area contributed by atoms with E-state index in [1.807, 2.05) is 83.9 Å². The van der Waals surface area contributed by atoms with Crippen LogP contribution >= 0.6 is 27.7 Å². The van der Waals surface area contributed by atoms with Crippen LogP contribution in [0.3, 0.4) is 0 Å². The van der Waals surface area contributed by atoms with Crippen LogP contribution in [0.25, 0.3) is 17.4 Å². The van der Waals surface area contributed by atoms with Crippen molar-refractivity contribution in [2.75, 3.05) is 0 Å². The van der Waals surface area contributed by atoms with E-state index in [-0.39, 0.29) is 11.3 Å². The number of ether oxygens (including phenoxy) is 1. The second kappa shape index (κ2) is 8.68. The highest BCUT2D eigenvalue weighted by atomic mass is 79.9. The molecule has 182 valence electrons. The highest BCUT2D eigenvalue weighted by molar-refractivity contribution is 9.10. The number of hydrogen-bond donors (Lipinski definition) is 1. The number of carbonyl (C=O) groups is 1. The summed E-state index contributed by atoms with van der Waals surface area (Å²) in [6.45, 7) is 0. The SMILES string of the molecule is O=C1N[C@@]2(Oc3ccccc3[C@H]3CC(c4ccccc4)=NN32)/C(=C/c2ccc(-c3ccc(Br)cc3)o2)S1. The number of thioether (sulfide) groups is 1. The van der Waals surface area contributed by atoms with Gasteiger partial charge in [-0.25, -0.2) is 5.01 Å². The molecule has 1 fully saturated rings. The molecule has 1 amide bonds. The lowest BCUT2D eigenvalue weighted by atomic mass is 9.96. The van der Waals surface area contributed by atoms with Gasteiger partial charge in [0.05, 0.1) is 16.7 Å².